The minimum absolute atomic E-state index is 0.165. The Hall–Kier alpha value is -2.80. The number of aryl methyl sites for hydroxylation is 1. The first kappa shape index (κ1) is 18.0. The van der Waals surface area contributed by atoms with Crippen molar-refractivity contribution >= 4 is 38.3 Å². The Bertz CT molecular complexity index is 1060. The second kappa shape index (κ2) is 7.61. The highest BCUT2D eigenvalue weighted by atomic mass is 79.9. The molecule has 2 aromatic carbocycles. The summed E-state index contributed by atoms with van der Waals surface area (Å²) >= 11 is 3.40. The molecule has 1 amide bonds. The van der Waals surface area contributed by atoms with Crippen LogP contribution in [0.25, 0.3) is 10.8 Å². The number of carbonyl (C=O) groups excluding carboxylic acids is 1. The van der Waals surface area contributed by atoms with Crippen LogP contribution in [-0.4, -0.2) is 21.4 Å². The van der Waals surface area contributed by atoms with Crippen molar-refractivity contribution in [3.8, 4) is 0 Å². The molecule has 0 saturated carbocycles. The second-order valence-corrected chi connectivity index (χ2v) is 6.60. The Morgan fingerprint density at radius 3 is 2.46 bits per heavy atom. The third kappa shape index (κ3) is 3.57. The van der Waals surface area contributed by atoms with Crippen LogP contribution in [-0.2, 0) is 7.05 Å². The number of nitrogens with zero attached hydrogens (tertiary/aromatic N) is 3. The van der Waals surface area contributed by atoms with Crippen LogP contribution in [0.15, 0.2) is 62.9 Å². The average molecular weight is 413 g/mol. The Kier molecular flexibility index (Phi) is 5.27. The zero-order valence-electron chi connectivity index (χ0n) is 14.4. The van der Waals surface area contributed by atoms with E-state index in [4.69, 9.17) is 0 Å². The first-order chi connectivity index (χ1) is 12.5. The van der Waals surface area contributed by atoms with E-state index in [1.165, 1.54) is 7.05 Å². The van der Waals surface area contributed by atoms with Gasteiger partial charge in [0, 0.05) is 16.9 Å². The molecule has 3 rings (SSSR count). The molecule has 1 N–H and O–H groups in total. The lowest BCUT2D eigenvalue weighted by Crippen LogP contribution is -2.27. The van der Waals surface area contributed by atoms with E-state index >= 15 is 0 Å². The van der Waals surface area contributed by atoms with E-state index in [0.717, 1.165) is 20.4 Å². The topological polar surface area (TPSA) is 76.3 Å². The van der Waals surface area contributed by atoms with E-state index in [2.05, 4.69) is 31.6 Å². The van der Waals surface area contributed by atoms with Gasteiger partial charge in [-0.2, -0.15) is 10.2 Å². The lowest BCUT2D eigenvalue weighted by atomic mass is 10.1. The van der Waals surface area contributed by atoms with Crippen LogP contribution in [0.2, 0.25) is 0 Å². The highest BCUT2D eigenvalue weighted by molar-refractivity contribution is 9.10. The fourth-order valence-electron chi connectivity index (χ4n) is 2.63. The van der Waals surface area contributed by atoms with Crippen molar-refractivity contribution in [3.05, 3.63) is 74.6 Å². The number of nitrogens with one attached hydrogen (secondary N) is 1. The molecule has 1 aromatic heterocycles. The van der Waals surface area contributed by atoms with Crippen LogP contribution in [0, 0.1) is 0 Å². The Morgan fingerprint density at radius 2 is 1.81 bits per heavy atom. The number of hydrogen-bond donors (Lipinski definition) is 1. The molecule has 6 nitrogen and oxygen atoms in total. The predicted octanol–water partition coefficient (Wildman–Crippen LogP) is 3.24. The van der Waals surface area contributed by atoms with Gasteiger partial charge in [0.1, 0.15) is 0 Å². The van der Waals surface area contributed by atoms with Gasteiger partial charge < -0.3 is 0 Å². The van der Waals surface area contributed by atoms with Crippen LogP contribution >= 0.6 is 15.9 Å². The van der Waals surface area contributed by atoms with Crippen molar-refractivity contribution in [2.45, 2.75) is 13.3 Å². The number of amides is 1. The summed E-state index contributed by atoms with van der Waals surface area (Å²) in [4.78, 5) is 24.8. The molecule has 0 aliphatic carbocycles. The maximum atomic E-state index is 12.6. The van der Waals surface area contributed by atoms with Gasteiger partial charge in [-0.1, -0.05) is 53.2 Å². The van der Waals surface area contributed by atoms with Crippen LogP contribution in [0.4, 0.5) is 0 Å². The number of hydrogen-bond acceptors (Lipinski definition) is 4. The summed E-state index contributed by atoms with van der Waals surface area (Å²) in [5.74, 6) is -0.458. The Labute approximate surface area is 158 Å². The summed E-state index contributed by atoms with van der Waals surface area (Å²) in [7, 11) is 1.52. The lowest BCUT2D eigenvalue weighted by molar-refractivity contribution is 0.0949. The van der Waals surface area contributed by atoms with Crippen molar-refractivity contribution in [3.63, 3.8) is 0 Å². The molecule has 3 aromatic rings. The monoisotopic (exact) mass is 412 g/mol. The molecular weight excluding hydrogens is 396 g/mol. The van der Waals surface area contributed by atoms with Gasteiger partial charge in [0.05, 0.1) is 11.1 Å². The van der Waals surface area contributed by atoms with Crippen LogP contribution in [0.1, 0.15) is 29.4 Å². The normalized spacial score (nSPS) is 11.6. The SMILES string of the molecule is CC/C(=N/NC(=O)c1nn(C)c(=O)c2ccccc12)c1ccc(Br)cc1. The van der Waals surface area contributed by atoms with E-state index in [1.807, 2.05) is 31.2 Å². The molecule has 0 saturated heterocycles. The van der Waals surface area contributed by atoms with Gasteiger partial charge >= 0.3 is 0 Å². The van der Waals surface area contributed by atoms with Gasteiger partial charge in [0.25, 0.3) is 11.5 Å². The first-order valence-electron chi connectivity index (χ1n) is 8.10. The summed E-state index contributed by atoms with van der Waals surface area (Å²) in [6, 6.07) is 14.6. The second-order valence-electron chi connectivity index (χ2n) is 5.68. The van der Waals surface area contributed by atoms with Crippen LogP contribution in [0.5, 0.6) is 0 Å². The number of halogens is 1. The number of benzene rings is 2. The number of carbonyl (C=O) groups is 1. The van der Waals surface area contributed by atoms with Gasteiger partial charge in [0.2, 0.25) is 0 Å². The molecule has 0 spiro atoms. The molecule has 1 heterocycles. The van der Waals surface area contributed by atoms with E-state index in [-0.39, 0.29) is 11.3 Å². The minimum atomic E-state index is -0.458. The maximum Gasteiger partial charge on any atom is 0.292 e. The molecule has 132 valence electrons. The fourth-order valence-corrected chi connectivity index (χ4v) is 2.89. The van der Waals surface area contributed by atoms with Gasteiger partial charge in [-0.15, -0.1) is 0 Å². The van der Waals surface area contributed by atoms with Crippen molar-refractivity contribution in [1.82, 2.24) is 15.2 Å². The molecule has 7 heteroatoms. The first-order valence-corrected chi connectivity index (χ1v) is 8.89. The van der Waals surface area contributed by atoms with Gasteiger partial charge in [-0.3, -0.25) is 9.59 Å². The van der Waals surface area contributed by atoms with Gasteiger partial charge in [-0.25, -0.2) is 10.1 Å². The van der Waals surface area contributed by atoms with Crippen LogP contribution in [0.3, 0.4) is 0 Å². The molecule has 0 aliphatic rings. The zero-order chi connectivity index (χ0) is 18.7. The molecular formula is C19H17BrN4O2. The lowest BCUT2D eigenvalue weighted by Gasteiger charge is -2.08. The molecule has 0 aliphatic heterocycles. The standard InChI is InChI=1S/C19H17BrN4O2/c1-3-16(12-8-10-13(20)11-9-12)21-22-18(25)17-14-6-4-5-7-15(14)19(26)24(2)23-17/h4-11H,3H2,1-2H3,(H,22,25)/b21-16-. The van der Waals surface area contributed by atoms with E-state index < -0.39 is 5.91 Å². The van der Waals surface area contributed by atoms with E-state index in [9.17, 15) is 9.59 Å². The van der Waals surface area contributed by atoms with E-state index in [1.54, 1.807) is 24.3 Å². The molecule has 26 heavy (non-hydrogen) atoms. The van der Waals surface area contributed by atoms with Crippen molar-refractivity contribution in [1.29, 1.82) is 0 Å². The maximum absolute atomic E-state index is 12.6. The highest BCUT2D eigenvalue weighted by Crippen LogP contribution is 2.14. The smallest absolute Gasteiger partial charge is 0.267 e. The quantitative estimate of drug-likeness (QED) is 0.527. The van der Waals surface area contributed by atoms with Crippen molar-refractivity contribution in [2.24, 2.45) is 12.1 Å². The Balaban J connectivity index is 1.95. The third-order valence-corrected chi connectivity index (χ3v) is 4.50. The van der Waals surface area contributed by atoms with Crippen molar-refractivity contribution in [2.75, 3.05) is 0 Å². The average Bonchev–Trinajstić information content (AvgIpc) is 2.66. The van der Waals surface area contributed by atoms with Crippen LogP contribution < -0.4 is 11.0 Å². The summed E-state index contributed by atoms with van der Waals surface area (Å²) in [5.41, 5.74) is 4.16. The van der Waals surface area contributed by atoms with Gasteiger partial charge in [0.15, 0.2) is 5.69 Å². The fraction of sp³-hybridized carbons (Fsp3) is 0.158. The highest BCUT2D eigenvalue weighted by Gasteiger charge is 2.15. The number of hydrazone groups is 1. The zero-order valence-corrected chi connectivity index (χ0v) is 15.9. The number of rotatable bonds is 4. The third-order valence-electron chi connectivity index (χ3n) is 3.98. The number of fused-ring (bicyclic) bond motifs is 1. The van der Waals surface area contributed by atoms with E-state index in [0.29, 0.717) is 17.2 Å². The van der Waals surface area contributed by atoms with Crippen molar-refractivity contribution < 1.29 is 4.79 Å². The molecule has 0 bridgehead atoms. The predicted molar refractivity (Wildman–Crippen MR) is 105 cm³/mol. The molecule has 0 atom stereocenters. The molecule has 0 fully saturated rings. The molecule has 0 unspecified atom stereocenters. The summed E-state index contributed by atoms with van der Waals surface area (Å²) < 4.78 is 2.14. The summed E-state index contributed by atoms with van der Waals surface area (Å²) in [6.45, 7) is 1.97. The summed E-state index contributed by atoms with van der Waals surface area (Å²) in [5, 5.41) is 9.31. The molecule has 0 radical (unpaired) electrons. The van der Waals surface area contributed by atoms with Gasteiger partial charge in [-0.05, 0) is 30.2 Å². The Morgan fingerprint density at radius 1 is 1.15 bits per heavy atom. The largest absolute Gasteiger partial charge is 0.292 e. The number of aromatic nitrogens is 2. The minimum Gasteiger partial charge on any atom is -0.267 e. The summed E-state index contributed by atoms with van der Waals surface area (Å²) in [6.07, 6.45) is 0.656.